The second kappa shape index (κ2) is 12.2. The summed E-state index contributed by atoms with van der Waals surface area (Å²) < 4.78 is 14.3. The van der Waals surface area contributed by atoms with Gasteiger partial charge in [0.25, 0.3) is 0 Å². The molecule has 1 aliphatic carbocycles. The van der Waals surface area contributed by atoms with Crippen LogP contribution in [0.1, 0.15) is 63.5 Å². The SMILES string of the molecule is CC(C)CN(c1ccc(CCC(=O)O)cc1NC(=O)Nc1ccc(C#N)cc1F)C1CCCCC1. The summed E-state index contributed by atoms with van der Waals surface area (Å²) in [5, 5.41) is 23.4. The molecule has 35 heavy (non-hydrogen) atoms. The van der Waals surface area contributed by atoms with Gasteiger partial charge in [-0.05, 0) is 61.1 Å². The molecule has 1 fully saturated rings. The number of carboxylic acids is 1. The Kier molecular flexibility index (Phi) is 9.07. The number of nitrogens with zero attached hydrogens (tertiary/aromatic N) is 2. The van der Waals surface area contributed by atoms with E-state index in [1.807, 2.05) is 24.3 Å². The fourth-order valence-electron chi connectivity index (χ4n) is 4.53. The zero-order valence-corrected chi connectivity index (χ0v) is 20.3. The summed E-state index contributed by atoms with van der Waals surface area (Å²) in [6, 6.07) is 11.1. The number of aryl methyl sites for hydroxylation is 1. The molecule has 2 aromatic rings. The van der Waals surface area contributed by atoms with E-state index in [1.54, 1.807) is 0 Å². The van der Waals surface area contributed by atoms with Crippen LogP contribution in [0, 0.1) is 23.1 Å². The van der Waals surface area contributed by atoms with E-state index >= 15 is 0 Å². The lowest BCUT2D eigenvalue weighted by molar-refractivity contribution is -0.136. The summed E-state index contributed by atoms with van der Waals surface area (Å²) in [7, 11) is 0. The molecule has 2 amide bonds. The smallest absolute Gasteiger partial charge is 0.323 e. The van der Waals surface area contributed by atoms with Gasteiger partial charge in [-0.3, -0.25) is 4.79 Å². The highest BCUT2D eigenvalue weighted by Crippen LogP contribution is 2.34. The van der Waals surface area contributed by atoms with Crippen molar-refractivity contribution in [1.29, 1.82) is 5.26 Å². The van der Waals surface area contributed by atoms with Gasteiger partial charge in [0.2, 0.25) is 0 Å². The molecule has 1 saturated carbocycles. The first kappa shape index (κ1) is 26.0. The Bertz CT molecular complexity index is 1090. The number of amides is 2. The van der Waals surface area contributed by atoms with Crippen molar-refractivity contribution in [1.82, 2.24) is 0 Å². The molecule has 0 heterocycles. The Hall–Kier alpha value is -3.60. The van der Waals surface area contributed by atoms with Gasteiger partial charge in [0.15, 0.2) is 0 Å². The van der Waals surface area contributed by atoms with Gasteiger partial charge in [0.1, 0.15) is 5.82 Å². The highest BCUT2D eigenvalue weighted by Gasteiger charge is 2.25. The van der Waals surface area contributed by atoms with Crippen molar-refractivity contribution in [3.63, 3.8) is 0 Å². The molecule has 0 aliphatic heterocycles. The Morgan fingerprint density at radius 2 is 1.83 bits per heavy atom. The lowest BCUT2D eigenvalue weighted by atomic mass is 9.92. The first-order valence-corrected chi connectivity index (χ1v) is 12.2. The minimum absolute atomic E-state index is 0.0141. The second-order valence-corrected chi connectivity index (χ2v) is 9.47. The maximum absolute atomic E-state index is 14.3. The molecule has 8 heteroatoms. The monoisotopic (exact) mass is 480 g/mol. The lowest BCUT2D eigenvalue weighted by Gasteiger charge is -2.38. The zero-order valence-electron chi connectivity index (χ0n) is 20.3. The fourth-order valence-corrected chi connectivity index (χ4v) is 4.53. The van der Waals surface area contributed by atoms with Crippen LogP contribution >= 0.6 is 0 Å². The molecule has 0 bridgehead atoms. The number of urea groups is 1. The molecular formula is C27H33FN4O3. The number of nitrogens with one attached hydrogen (secondary N) is 2. The number of rotatable bonds is 9. The normalized spacial score (nSPS) is 13.8. The van der Waals surface area contributed by atoms with Crippen molar-refractivity contribution in [2.45, 2.75) is 64.8 Å². The van der Waals surface area contributed by atoms with Crippen LogP contribution in [0.15, 0.2) is 36.4 Å². The van der Waals surface area contributed by atoms with E-state index in [2.05, 4.69) is 29.4 Å². The average molecular weight is 481 g/mol. The van der Waals surface area contributed by atoms with Gasteiger partial charge in [-0.15, -0.1) is 0 Å². The first-order chi connectivity index (χ1) is 16.8. The van der Waals surface area contributed by atoms with Crippen molar-refractivity contribution < 1.29 is 19.1 Å². The van der Waals surface area contributed by atoms with Crippen LogP contribution in [0.2, 0.25) is 0 Å². The van der Waals surface area contributed by atoms with Crippen molar-refractivity contribution in [3.8, 4) is 6.07 Å². The molecule has 0 unspecified atom stereocenters. The molecule has 0 aromatic heterocycles. The predicted octanol–water partition coefficient (Wildman–Crippen LogP) is 6.15. The maximum Gasteiger partial charge on any atom is 0.323 e. The zero-order chi connectivity index (χ0) is 25.4. The van der Waals surface area contributed by atoms with E-state index in [0.29, 0.717) is 24.1 Å². The van der Waals surface area contributed by atoms with Crippen molar-refractivity contribution >= 4 is 29.1 Å². The van der Waals surface area contributed by atoms with Gasteiger partial charge >= 0.3 is 12.0 Å². The number of nitriles is 1. The largest absolute Gasteiger partial charge is 0.481 e. The van der Waals surface area contributed by atoms with Gasteiger partial charge in [-0.1, -0.05) is 39.2 Å². The molecule has 0 spiro atoms. The number of hydrogen-bond donors (Lipinski definition) is 3. The van der Waals surface area contributed by atoms with Gasteiger partial charge in [-0.2, -0.15) is 5.26 Å². The minimum atomic E-state index is -0.888. The van der Waals surface area contributed by atoms with Gasteiger partial charge < -0.3 is 20.6 Å². The summed E-state index contributed by atoms with van der Waals surface area (Å²) in [4.78, 5) is 26.3. The molecule has 0 atom stereocenters. The topological polar surface area (TPSA) is 105 Å². The third-order valence-corrected chi connectivity index (χ3v) is 6.17. The van der Waals surface area contributed by atoms with Crippen LogP contribution < -0.4 is 15.5 Å². The summed E-state index contributed by atoms with van der Waals surface area (Å²) in [6.45, 7) is 5.13. The molecule has 3 N–H and O–H groups in total. The Morgan fingerprint density at radius 3 is 2.46 bits per heavy atom. The number of anilines is 3. The fraction of sp³-hybridized carbons (Fsp3) is 0.444. The number of halogens is 1. The molecular weight excluding hydrogens is 447 g/mol. The van der Waals surface area contributed by atoms with E-state index in [-0.39, 0.29) is 17.7 Å². The standard InChI is InChI=1S/C27H33FN4O3/c1-18(2)17-32(21-6-4-3-5-7-21)25-12-9-19(10-13-26(33)34)15-24(25)31-27(35)30-23-11-8-20(16-29)14-22(23)28/h8-9,11-12,14-15,18,21H,3-7,10,13,17H2,1-2H3,(H,33,34)(H2,30,31,35). The van der Waals surface area contributed by atoms with Crippen LogP contribution in [0.5, 0.6) is 0 Å². The highest BCUT2D eigenvalue weighted by molar-refractivity contribution is 6.02. The molecule has 1 aliphatic rings. The highest BCUT2D eigenvalue weighted by atomic mass is 19.1. The second-order valence-electron chi connectivity index (χ2n) is 9.47. The minimum Gasteiger partial charge on any atom is -0.481 e. The molecule has 0 saturated heterocycles. The van der Waals surface area contributed by atoms with Gasteiger partial charge in [0, 0.05) is 19.0 Å². The van der Waals surface area contributed by atoms with Crippen LogP contribution in [0.25, 0.3) is 0 Å². The van der Waals surface area contributed by atoms with Crippen LogP contribution in [-0.4, -0.2) is 29.7 Å². The van der Waals surface area contributed by atoms with E-state index in [1.165, 1.54) is 18.6 Å². The molecule has 186 valence electrons. The maximum atomic E-state index is 14.3. The number of carbonyl (C=O) groups is 2. The molecule has 0 radical (unpaired) electrons. The number of carboxylic acid groups (broad SMARTS) is 1. The lowest BCUT2D eigenvalue weighted by Crippen LogP contribution is -2.40. The number of carbonyl (C=O) groups excluding carboxylic acids is 1. The molecule has 3 rings (SSSR count). The Balaban J connectivity index is 1.90. The summed E-state index contributed by atoms with van der Waals surface area (Å²) >= 11 is 0. The van der Waals surface area contributed by atoms with Crippen LogP contribution in [-0.2, 0) is 11.2 Å². The van der Waals surface area contributed by atoms with Crippen LogP contribution in [0.4, 0.5) is 26.2 Å². The Labute approximate surface area is 205 Å². The van der Waals surface area contributed by atoms with Crippen LogP contribution in [0.3, 0.4) is 0 Å². The molecule has 7 nitrogen and oxygen atoms in total. The summed E-state index contributed by atoms with van der Waals surface area (Å²) in [5.74, 6) is -1.18. The summed E-state index contributed by atoms with van der Waals surface area (Å²) in [5.41, 5.74) is 2.37. The van der Waals surface area contributed by atoms with Crippen molar-refractivity contribution in [2.75, 3.05) is 22.1 Å². The van der Waals surface area contributed by atoms with E-state index in [0.717, 1.165) is 49.5 Å². The third kappa shape index (κ3) is 7.44. The van der Waals surface area contributed by atoms with E-state index in [4.69, 9.17) is 10.4 Å². The first-order valence-electron chi connectivity index (χ1n) is 12.2. The van der Waals surface area contributed by atoms with E-state index < -0.39 is 17.8 Å². The number of aliphatic carboxylic acids is 1. The van der Waals surface area contributed by atoms with Gasteiger partial charge in [-0.25, -0.2) is 9.18 Å². The van der Waals surface area contributed by atoms with Crippen molar-refractivity contribution in [2.24, 2.45) is 5.92 Å². The number of hydrogen-bond acceptors (Lipinski definition) is 4. The number of benzene rings is 2. The predicted molar refractivity (Wildman–Crippen MR) is 135 cm³/mol. The Morgan fingerprint density at radius 1 is 1.11 bits per heavy atom. The quantitative estimate of drug-likeness (QED) is 0.399. The molecule has 2 aromatic carbocycles. The summed E-state index contributed by atoms with van der Waals surface area (Å²) in [6.07, 6.45) is 6.03. The van der Waals surface area contributed by atoms with Gasteiger partial charge in [0.05, 0.1) is 28.7 Å². The average Bonchev–Trinajstić information content (AvgIpc) is 2.83. The van der Waals surface area contributed by atoms with Crippen molar-refractivity contribution in [3.05, 3.63) is 53.3 Å². The third-order valence-electron chi connectivity index (χ3n) is 6.17. The van der Waals surface area contributed by atoms with E-state index in [9.17, 15) is 14.0 Å².